The van der Waals surface area contributed by atoms with Crippen molar-refractivity contribution in [2.24, 2.45) is 0 Å². The lowest BCUT2D eigenvalue weighted by Crippen LogP contribution is -1.75. The Hall–Kier alpha value is -1.50. The van der Waals surface area contributed by atoms with Crippen molar-refractivity contribution in [3.63, 3.8) is 0 Å². The molecule has 0 N–H and O–H groups in total. The van der Waals surface area contributed by atoms with Crippen LogP contribution in [0.2, 0.25) is 0 Å². The van der Waals surface area contributed by atoms with Gasteiger partial charge in [0.15, 0.2) is 5.69 Å². The number of rotatable bonds is 1. The first-order valence-electron chi connectivity index (χ1n) is 2.27. The SMILES string of the molecule is COc1cc(C#N)no1. The van der Waals surface area contributed by atoms with Gasteiger partial charge in [0.2, 0.25) is 0 Å². The Morgan fingerprint density at radius 2 is 2.67 bits per heavy atom. The first-order valence-corrected chi connectivity index (χ1v) is 2.27. The van der Waals surface area contributed by atoms with Crippen LogP contribution >= 0.6 is 0 Å². The van der Waals surface area contributed by atoms with Gasteiger partial charge in [0, 0.05) is 0 Å². The van der Waals surface area contributed by atoms with E-state index in [0.29, 0.717) is 0 Å². The molecule has 0 aromatic carbocycles. The highest BCUT2D eigenvalue weighted by Crippen LogP contribution is 2.09. The highest BCUT2D eigenvalue weighted by Gasteiger charge is 1.99. The fraction of sp³-hybridized carbons (Fsp3) is 0.200. The van der Waals surface area contributed by atoms with E-state index in [-0.39, 0.29) is 11.6 Å². The van der Waals surface area contributed by atoms with Crippen LogP contribution in [0.4, 0.5) is 0 Å². The molecule has 0 aliphatic heterocycles. The summed E-state index contributed by atoms with van der Waals surface area (Å²) in [5, 5.41) is 11.6. The summed E-state index contributed by atoms with van der Waals surface area (Å²) >= 11 is 0. The summed E-state index contributed by atoms with van der Waals surface area (Å²) in [6.07, 6.45) is 0. The molecule has 0 fully saturated rings. The van der Waals surface area contributed by atoms with Crippen LogP contribution in [-0.4, -0.2) is 12.3 Å². The van der Waals surface area contributed by atoms with Crippen molar-refractivity contribution in [1.29, 1.82) is 5.26 Å². The van der Waals surface area contributed by atoms with Gasteiger partial charge in [-0.3, -0.25) is 0 Å². The first kappa shape index (κ1) is 5.63. The van der Waals surface area contributed by atoms with Gasteiger partial charge in [-0.05, 0) is 0 Å². The van der Waals surface area contributed by atoms with Crippen molar-refractivity contribution in [3.8, 4) is 12.0 Å². The Morgan fingerprint density at radius 3 is 3.00 bits per heavy atom. The summed E-state index contributed by atoms with van der Waals surface area (Å²) in [6.45, 7) is 0. The predicted molar refractivity (Wildman–Crippen MR) is 27.8 cm³/mol. The van der Waals surface area contributed by atoms with Crippen LogP contribution in [0, 0.1) is 11.3 Å². The molecule has 0 radical (unpaired) electrons. The monoisotopic (exact) mass is 124 g/mol. The number of hydrogen-bond acceptors (Lipinski definition) is 4. The lowest BCUT2D eigenvalue weighted by Gasteiger charge is -1.83. The Kier molecular flexibility index (Phi) is 1.36. The van der Waals surface area contributed by atoms with Crippen LogP contribution in [0.5, 0.6) is 5.95 Å². The quantitative estimate of drug-likeness (QED) is 0.548. The molecule has 1 heterocycles. The van der Waals surface area contributed by atoms with E-state index in [4.69, 9.17) is 5.26 Å². The van der Waals surface area contributed by atoms with E-state index < -0.39 is 0 Å². The number of hydrogen-bond donors (Lipinski definition) is 0. The molecule has 46 valence electrons. The van der Waals surface area contributed by atoms with Crippen LogP contribution in [0.3, 0.4) is 0 Å². The van der Waals surface area contributed by atoms with E-state index in [1.807, 2.05) is 0 Å². The van der Waals surface area contributed by atoms with E-state index in [0.717, 1.165) is 0 Å². The molecular weight excluding hydrogens is 120 g/mol. The van der Waals surface area contributed by atoms with Gasteiger partial charge in [0.25, 0.3) is 0 Å². The number of methoxy groups -OCH3 is 1. The minimum atomic E-state index is 0.229. The van der Waals surface area contributed by atoms with Gasteiger partial charge >= 0.3 is 5.95 Å². The molecule has 0 bridgehead atoms. The molecule has 1 aromatic heterocycles. The average Bonchev–Trinajstić information content (AvgIpc) is 2.34. The van der Waals surface area contributed by atoms with Crippen molar-refractivity contribution < 1.29 is 9.26 Å². The molecule has 0 saturated heterocycles. The van der Waals surface area contributed by atoms with Crippen LogP contribution in [0.25, 0.3) is 0 Å². The normalized spacial score (nSPS) is 8.44. The van der Waals surface area contributed by atoms with Crippen molar-refractivity contribution in [1.82, 2.24) is 5.16 Å². The van der Waals surface area contributed by atoms with Crippen molar-refractivity contribution in [2.45, 2.75) is 0 Å². The molecule has 4 heteroatoms. The highest BCUT2D eigenvalue weighted by atomic mass is 16.6. The molecule has 0 unspecified atom stereocenters. The predicted octanol–water partition coefficient (Wildman–Crippen LogP) is 0.555. The van der Waals surface area contributed by atoms with Crippen LogP contribution in [-0.2, 0) is 0 Å². The molecule has 1 rings (SSSR count). The highest BCUT2D eigenvalue weighted by molar-refractivity contribution is 5.21. The summed E-state index contributed by atoms with van der Waals surface area (Å²) in [5.41, 5.74) is 0.229. The van der Waals surface area contributed by atoms with Gasteiger partial charge in [-0.1, -0.05) is 5.16 Å². The summed E-state index contributed by atoms with van der Waals surface area (Å²) in [6, 6.07) is 3.21. The third-order valence-corrected chi connectivity index (χ3v) is 0.804. The molecule has 9 heavy (non-hydrogen) atoms. The van der Waals surface area contributed by atoms with Gasteiger partial charge in [-0.2, -0.15) is 5.26 Å². The van der Waals surface area contributed by atoms with E-state index in [9.17, 15) is 0 Å². The third-order valence-electron chi connectivity index (χ3n) is 0.804. The lowest BCUT2D eigenvalue weighted by atomic mass is 10.5. The fourth-order valence-electron chi connectivity index (χ4n) is 0.407. The Labute approximate surface area is 51.6 Å². The molecule has 0 amide bonds. The Morgan fingerprint density at radius 1 is 1.89 bits per heavy atom. The second-order valence-corrected chi connectivity index (χ2v) is 1.35. The summed E-state index contributed by atoms with van der Waals surface area (Å²) in [4.78, 5) is 0. The second-order valence-electron chi connectivity index (χ2n) is 1.35. The van der Waals surface area contributed by atoms with Gasteiger partial charge in [0.1, 0.15) is 6.07 Å². The number of aromatic nitrogens is 1. The maximum Gasteiger partial charge on any atom is 0.312 e. The zero-order chi connectivity index (χ0) is 6.69. The minimum absolute atomic E-state index is 0.229. The average molecular weight is 124 g/mol. The molecule has 0 aliphatic rings. The maximum atomic E-state index is 8.22. The second kappa shape index (κ2) is 2.18. The summed E-state index contributed by atoms with van der Waals surface area (Å²) in [7, 11) is 1.45. The zero-order valence-electron chi connectivity index (χ0n) is 4.79. The first-order chi connectivity index (χ1) is 4.36. The van der Waals surface area contributed by atoms with Gasteiger partial charge in [-0.25, -0.2) is 0 Å². The topological polar surface area (TPSA) is 59.0 Å². The van der Waals surface area contributed by atoms with E-state index >= 15 is 0 Å². The maximum absolute atomic E-state index is 8.22. The van der Waals surface area contributed by atoms with Crippen LogP contribution in [0.1, 0.15) is 5.69 Å². The largest absolute Gasteiger partial charge is 0.467 e. The summed E-state index contributed by atoms with van der Waals surface area (Å²) in [5.74, 6) is 0.256. The van der Waals surface area contributed by atoms with Crippen molar-refractivity contribution in [3.05, 3.63) is 11.8 Å². The van der Waals surface area contributed by atoms with Gasteiger partial charge < -0.3 is 9.26 Å². The number of ether oxygens (including phenoxy) is 1. The smallest absolute Gasteiger partial charge is 0.312 e. The number of nitriles is 1. The van der Waals surface area contributed by atoms with Crippen LogP contribution in [0.15, 0.2) is 10.6 Å². The fourth-order valence-corrected chi connectivity index (χ4v) is 0.407. The van der Waals surface area contributed by atoms with E-state index in [1.54, 1.807) is 6.07 Å². The molecular formula is C5H4N2O2. The van der Waals surface area contributed by atoms with Gasteiger partial charge in [-0.15, -0.1) is 0 Å². The molecule has 0 atom stereocenters. The Balaban J connectivity index is 2.90. The van der Waals surface area contributed by atoms with E-state index in [2.05, 4.69) is 14.4 Å². The molecule has 0 aliphatic carbocycles. The third kappa shape index (κ3) is 0.995. The molecule has 1 aromatic rings. The molecule has 0 saturated carbocycles. The minimum Gasteiger partial charge on any atom is -0.467 e. The zero-order valence-corrected chi connectivity index (χ0v) is 4.79. The van der Waals surface area contributed by atoms with Crippen molar-refractivity contribution in [2.75, 3.05) is 7.11 Å². The Bertz CT molecular complexity index is 235. The van der Waals surface area contributed by atoms with E-state index in [1.165, 1.54) is 13.2 Å². The standard InChI is InChI=1S/C5H4N2O2/c1-8-5-2-4(3-6)7-9-5/h2H,1H3. The van der Waals surface area contributed by atoms with Gasteiger partial charge in [0.05, 0.1) is 13.2 Å². The van der Waals surface area contributed by atoms with Crippen molar-refractivity contribution >= 4 is 0 Å². The molecule has 0 spiro atoms. The summed E-state index contributed by atoms with van der Waals surface area (Å²) < 4.78 is 9.13. The molecule has 4 nitrogen and oxygen atoms in total. The van der Waals surface area contributed by atoms with Crippen LogP contribution < -0.4 is 4.74 Å². The number of nitrogens with zero attached hydrogens (tertiary/aromatic N) is 2. The lowest BCUT2D eigenvalue weighted by molar-refractivity contribution is 0.260.